The molecule has 9 aromatic carbocycles. The average molecular weight is 920 g/mol. The third-order valence-electron chi connectivity index (χ3n) is 17.4. The van der Waals surface area contributed by atoms with Gasteiger partial charge in [-0.15, -0.1) is 0 Å². The van der Waals surface area contributed by atoms with Gasteiger partial charge in [0.15, 0.2) is 0 Å². The molecule has 3 aliphatic rings. The molecule has 0 aliphatic heterocycles. The highest BCUT2D eigenvalue weighted by Gasteiger charge is 2.44. The van der Waals surface area contributed by atoms with Crippen molar-refractivity contribution in [3.05, 3.63) is 207 Å². The number of benzene rings is 9. The number of nitrogens with zero attached hydrogens (tertiary/aromatic N) is 1. The SMILES string of the molecule is Cc1cc(C)c(-c2cc3c(c4c2oc2ccccc24)-c2ccc(N(c4ccc5c(c4)C(C)(C)c4cc6c(cc4-5)C(C)(C)c4ccc5oc7ccccc7c5c4-6)c4c(C)cccc4C)cc2C3(C)C)c(C)c1. The van der Waals surface area contributed by atoms with Gasteiger partial charge in [0.25, 0.3) is 0 Å². The maximum absolute atomic E-state index is 6.93. The van der Waals surface area contributed by atoms with Crippen LogP contribution >= 0.6 is 0 Å². The Morgan fingerprint density at radius 3 is 1.56 bits per heavy atom. The largest absolute Gasteiger partial charge is 0.456 e. The van der Waals surface area contributed by atoms with Gasteiger partial charge in [0.2, 0.25) is 0 Å². The summed E-state index contributed by atoms with van der Waals surface area (Å²) in [6, 6.07) is 55.0. The highest BCUT2D eigenvalue weighted by Crippen LogP contribution is 2.60. The van der Waals surface area contributed by atoms with Gasteiger partial charge in [-0.2, -0.15) is 0 Å². The molecule has 0 fully saturated rings. The van der Waals surface area contributed by atoms with Crippen molar-refractivity contribution in [2.45, 2.75) is 92.4 Å². The Kier molecular flexibility index (Phi) is 8.36. The summed E-state index contributed by atoms with van der Waals surface area (Å²) in [5.41, 5.74) is 31.4. The van der Waals surface area contributed by atoms with Crippen LogP contribution in [0.5, 0.6) is 0 Å². The highest BCUT2D eigenvalue weighted by atomic mass is 16.3. The number of aryl methyl sites for hydroxylation is 5. The van der Waals surface area contributed by atoms with Gasteiger partial charge in [0, 0.05) is 54.7 Å². The highest BCUT2D eigenvalue weighted by molar-refractivity contribution is 6.19. The maximum atomic E-state index is 6.93. The number of hydrogen-bond acceptors (Lipinski definition) is 3. The van der Waals surface area contributed by atoms with Crippen molar-refractivity contribution in [1.29, 1.82) is 0 Å². The Morgan fingerprint density at radius 1 is 0.352 bits per heavy atom. The molecule has 3 heteroatoms. The zero-order valence-electron chi connectivity index (χ0n) is 42.6. The van der Waals surface area contributed by atoms with Gasteiger partial charge in [-0.3, -0.25) is 0 Å². The Balaban J connectivity index is 0.946. The zero-order valence-corrected chi connectivity index (χ0v) is 42.6. The summed E-state index contributed by atoms with van der Waals surface area (Å²) >= 11 is 0. The van der Waals surface area contributed by atoms with Gasteiger partial charge in [0.05, 0.1) is 5.69 Å². The molecule has 0 spiro atoms. The van der Waals surface area contributed by atoms with E-state index in [2.05, 4.69) is 227 Å². The molecule has 0 saturated carbocycles. The summed E-state index contributed by atoms with van der Waals surface area (Å²) in [6.07, 6.45) is 0. The van der Waals surface area contributed by atoms with E-state index in [1.54, 1.807) is 0 Å². The smallest absolute Gasteiger partial charge is 0.143 e. The minimum atomic E-state index is -0.302. The lowest BCUT2D eigenvalue weighted by atomic mass is 9.79. The fourth-order valence-electron chi connectivity index (χ4n) is 14.0. The summed E-state index contributed by atoms with van der Waals surface area (Å²) in [7, 11) is 0. The maximum Gasteiger partial charge on any atom is 0.143 e. The average Bonchev–Trinajstić information content (AvgIpc) is 4.08. The van der Waals surface area contributed by atoms with Crippen molar-refractivity contribution < 1.29 is 8.83 Å². The summed E-state index contributed by atoms with van der Waals surface area (Å²) in [5.74, 6) is 0. The molecule has 0 atom stereocenters. The third-order valence-corrected chi connectivity index (χ3v) is 17.4. The van der Waals surface area contributed by atoms with Crippen molar-refractivity contribution in [3.63, 3.8) is 0 Å². The van der Waals surface area contributed by atoms with Gasteiger partial charge in [-0.1, -0.05) is 132 Å². The molecule has 0 radical (unpaired) electrons. The first kappa shape index (κ1) is 42.3. The molecule has 11 aromatic rings. The van der Waals surface area contributed by atoms with Crippen LogP contribution in [0.4, 0.5) is 17.1 Å². The van der Waals surface area contributed by atoms with Crippen LogP contribution in [0, 0.1) is 34.6 Å². The van der Waals surface area contributed by atoms with Crippen LogP contribution in [0.3, 0.4) is 0 Å². The predicted molar refractivity (Wildman–Crippen MR) is 297 cm³/mol. The van der Waals surface area contributed by atoms with Gasteiger partial charge >= 0.3 is 0 Å². The Bertz CT molecular complexity index is 4160. The van der Waals surface area contributed by atoms with Crippen molar-refractivity contribution in [2.75, 3.05) is 4.90 Å². The van der Waals surface area contributed by atoms with Crippen LogP contribution in [0.1, 0.15) is 103 Å². The van der Waals surface area contributed by atoms with Gasteiger partial charge in [0.1, 0.15) is 22.3 Å². The molecule has 71 heavy (non-hydrogen) atoms. The Labute approximate surface area is 416 Å². The number of furan rings is 2. The van der Waals surface area contributed by atoms with Gasteiger partial charge < -0.3 is 13.7 Å². The third kappa shape index (κ3) is 5.50. The summed E-state index contributed by atoms with van der Waals surface area (Å²) in [5, 5.41) is 4.78. The Hall–Kier alpha value is -7.62. The van der Waals surface area contributed by atoms with Crippen LogP contribution in [0.2, 0.25) is 0 Å². The molecular weight excluding hydrogens is 863 g/mol. The summed E-state index contributed by atoms with van der Waals surface area (Å²) < 4.78 is 13.4. The number of hydrogen-bond donors (Lipinski definition) is 0. The zero-order chi connectivity index (χ0) is 48.8. The van der Waals surface area contributed by atoms with E-state index in [4.69, 9.17) is 8.83 Å². The van der Waals surface area contributed by atoms with Gasteiger partial charge in [-0.05, 0) is 190 Å². The standard InChI is InChI=1S/C68H57NO2/c1-36-29-39(4)59(40(5)30-36)49-35-55-60(63-46-20-13-15-22-57(46)71-65(49)63)44-26-24-42(32-52(44)68(55,10)11)69(64-37(2)17-16-18-38(64)3)41-23-25-43-47-33-54-48(34-53(47)67(8,9)51(43)31-41)61-50(66(54,6)7)27-28-58-62(61)45-19-12-14-21-56(45)70-58/h12-35H,1-11H3. The second kappa shape index (κ2) is 14.0. The fourth-order valence-corrected chi connectivity index (χ4v) is 14.0. The van der Waals surface area contributed by atoms with Crippen LogP contribution in [0.15, 0.2) is 154 Å². The predicted octanol–water partition coefficient (Wildman–Crippen LogP) is 19.1. The minimum Gasteiger partial charge on any atom is -0.456 e. The molecule has 0 amide bonds. The van der Waals surface area contributed by atoms with Crippen LogP contribution in [-0.4, -0.2) is 0 Å². The minimum absolute atomic E-state index is 0.171. The molecule has 0 saturated heterocycles. The topological polar surface area (TPSA) is 29.5 Å². The lowest BCUT2D eigenvalue weighted by Gasteiger charge is -2.31. The van der Waals surface area contributed by atoms with Crippen molar-refractivity contribution in [1.82, 2.24) is 0 Å². The lowest BCUT2D eigenvalue weighted by molar-refractivity contribution is 0.651. The molecule has 14 rings (SSSR count). The molecule has 346 valence electrons. The van der Waals surface area contributed by atoms with E-state index in [1.807, 2.05) is 0 Å². The number of rotatable bonds is 4. The number of anilines is 3. The molecule has 0 unspecified atom stereocenters. The van der Waals surface area contributed by atoms with Crippen molar-refractivity contribution >= 4 is 60.9 Å². The fraction of sp³-hybridized carbons (Fsp3) is 0.206. The van der Waals surface area contributed by atoms with Crippen LogP contribution < -0.4 is 4.90 Å². The first-order valence-electron chi connectivity index (χ1n) is 25.4. The first-order valence-corrected chi connectivity index (χ1v) is 25.4. The molecule has 3 aliphatic carbocycles. The normalized spacial score (nSPS) is 15.3. The second-order valence-corrected chi connectivity index (χ2v) is 22.7. The lowest BCUT2D eigenvalue weighted by Crippen LogP contribution is -2.19. The van der Waals surface area contributed by atoms with E-state index < -0.39 is 0 Å². The molecule has 3 nitrogen and oxygen atoms in total. The van der Waals surface area contributed by atoms with E-state index in [0.717, 1.165) is 39.1 Å². The van der Waals surface area contributed by atoms with E-state index in [0.29, 0.717) is 0 Å². The monoisotopic (exact) mass is 919 g/mol. The Morgan fingerprint density at radius 2 is 0.873 bits per heavy atom. The summed E-state index contributed by atoms with van der Waals surface area (Å²) in [4.78, 5) is 2.54. The quantitative estimate of drug-likeness (QED) is 0.176. The van der Waals surface area contributed by atoms with Crippen LogP contribution in [-0.2, 0) is 16.2 Å². The van der Waals surface area contributed by atoms with Crippen LogP contribution in [0.25, 0.3) is 88.4 Å². The number of fused-ring (bicyclic) bond motifs is 17. The van der Waals surface area contributed by atoms with Crippen molar-refractivity contribution in [2.24, 2.45) is 0 Å². The van der Waals surface area contributed by atoms with Crippen molar-refractivity contribution in [3.8, 4) is 44.5 Å². The molecule has 2 heterocycles. The molecular formula is C68H57NO2. The summed E-state index contributed by atoms with van der Waals surface area (Å²) in [6.45, 7) is 25.7. The van der Waals surface area contributed by atoms with E-state index in [-0.39, 0.29) is 16.2 Å². The second-order valence-electron chi connectivity index (χ2n) is 22.7. The number of para-hydroxylation sites is 3. The molecule has 0 bridgehead atoms. The van der Waals surface area contributed by atoms with E-state index >= 15 is 0 Å². The first-order chi connectivity index (χ1) is 34.0. The van der Waals surface area contributed by atoms with E-state index in [9.17, 15) is 0 Å². The van der Waals surface area contributed by atoms with Gasteiger partial charge in [-0.25, -0.2) is 0 Å². The molecule has 0 N–H and O–H groups in total. The molecule has 2 aromatic heterocycles. The van der Waals surface area contributed by atoms with E-state index in [1.165, 1.54) is 128 Å².